The molecule has 586 valence electrons. The van der Waals surface area contributed by atoms with Gasteiger partial charge in [-0.3, -0.25) is 33.6 Å². The minimum atomic E-state index is -1.92. The fourth-order valence-electron chi connectivity index (χ4n) is 13.2. The van der Waals surface area contributed by atoms with Gasteiger partial charge in [-0.1, -0.05) is 182 Å². The van der Waals surface area contributed by atoms with E-state index in [2.05, 4.69) is 5.32 Å². The molecular formula is C81H95NO27. The summed E-state index contributed by atoms with van der Waals surface area (Å²) in [6.07, 6.45) is -26.1. The predicted octanol–water partition coefficient (Wildman–Crippen LogP) is 7.82. The number of hydrogen-bond acceptors (Lipinski definition) is 27. The summed E-state index contributed by atoms with van der Waals surface area (Å²) >= 11 is 0. The molecule has 109 heavy (non-hydrogen) atoms. The van der Waals surface area contributed by atoms with Gasteiger partial charge in [0.15, 0.2) is 49.6 Å². The Kier molecular flexibility index (Phi) is 31.6. The fourth-order valence-corrected chi connectivity index (χ4v) is 13.2. The van der Waals surface area contributed by atoms with Crippen LogP contribution in [-0.2, 0) is 168 Å². The molecule has 4 aliphatic rings. The molecular weight excluding hydrogens is 1420 g/mol. The molecule has 0 spiro atoms. The highest BCUT2D eigenvalue weighted by atomic mass is 16.8. The monoisotopic (exact) mass is 1510 g/mol. The maximum atomic E-state index is 13.7. The third kappa shape index (κ3) is 24.5. The van der Waals surface area contributed by atoms with Crippen LogP contribution in [0, 0.1) is 0 Å². The van der Waals surface area contributed by atoms with E-state index >= 15 is 0 Å². The van der Waals surface area contributed by atoms with E-state index in [0.717, 1.165) is 74.9 Å². The first-order valence-electron chi connectivity index (χ1n) is 36.0. The van der Waals surface area contributed by atoms with Gasteiger partial charge in [0, 0.05) is 55.6 Å². The highest BCUT2D eigenvalue weighted by Gasteiger charge is 2.59. The van der Waals surface area contributed by atoms with Crippen LogP contribution in [0.15, 0.2) is 182 Å². The van der Waals surface area contributed by atoms with Crippen LogP contribution in [0.1, 0.15) is 81.8 Å². The van der Waals surface area contributed by atoms with Crippen LogP contribution >= 0.6 is 0 Å². The third-order valence-corrected chi connectivity index (χ3v) is 18.0. The van der Waals surface area contributed by atoms with Gasteiger partial charge in [0.2, 0.25) is 5.91 Å². The second-order valence-electron chi connectivity index (χ2n) is 26.4. The summed E-state index contributed by atoms with van der Waals surface area (Å²) in [5.74, 6) is -6.01. The van der Waals surface area contributed by atoms with Crippen molar-refractivity contribution in [2.45, 2.75) is 211 Å². The van der Waals surface area contributed by atoms with E-state index in [4.69, 9.17) is 94.7 Å². The van der Waals surface area contributed by atoms with Crippen molar-refractivity contribution < 1.29 is 128 Å². The zero-order valence-electron chi connectivity index (χ0n) is 62.0. The first-order valence-corrected chi connectivity index (χ1v) is 36.0. The summed E-state index contributed by atoms with van der Waals surface area (Å²) in [5, 5.41) is 2.80. The zero-order valence-corrected chi connectivity index (χ0v) is 62.0. The van der Waals surface area contributed by atoms with Crippen molar-refractivity contribution in [3.05, 3.63) is 215 Å². The largest absolute Gasteiger partial charge is 0.463 e. The summed E-state index contributed by atoms with van der Waals surface area (Å²) in [7, 11) is 1.52. The first kappa shape index (κ1) is 82.5. The lowest BCUT2D eigenvalue weighted by Crippen LogP contribution is -2.69. The maximum Gasteiger partial charge on any atom is 0.303 e. The first-order chi connectivity index (χ1) is 52.8. The number of ether oxygens (including phenoxy) is 20. The Balaban J connectivity index is 1.05. The van der Waals surface area contributed by atoms with Gasteiger partial charge >= 0.3 is 35.8 Å². The van der Waals surface area contributed by atoms with Crippen molar-refractivity contribution in [3.63, 3.8) is 0 Å². The Labute approximate surface area is 632 Å². The number of benzene rings is 6. The van der Waals surface area contributed by atoms with E-state index in [9.17, 15) is 33.6 Å². The summed E-state index contributed by atoms with van der Waals surface area (Å²) in [6, 6.07) is 55.7. The number of methoxy groups -OCH3 is 1. The van der Waals surface area contributed by atoms with Gasteiger partial charge in [0.05, 0.1) is 52.9 Å². The van der Waals surface area contributed by atoms with Crippen LogP contribution in [0.2, 0.25) is 0 Å². The van der Waals surface area contributed by atoms with Crippen molar-refractivity contribution in [2.75, 3.05) is 33.5 Å². The van der Waals surface area contributed by atoms with E-state index in [1.165, 1.54) is 14.0 Å². The van der Waals surface area contributed by atoms with E-state index in [1.807, 2.05) is 182 Å². The van der Waals surface area contributed by atoms with Gasteiger partial charge in [0.25, 0.3) is 0 Å². The Morgan fingerprint density at radius 2 is 0.578 bits per heavy atom. The van der Waals surface area contributed by atoms with Crippen LogP contribution in [0.3, 0.4) is 0 Å². The number of esters is 6. The predicted molar refractivity (Wildman–Crippen MR) is 382 cm³/mol. The van der Waals surface area contributed by atoms with E-state index in [1.54, 1.807) is 0 Å². The van der Waals surface area contributed by atoms with Crippen LogP contribution in [0.4, 0.5) is 0 Å². The molecule has 10 rings (SSSR count). The van der Waals surface area contributed by atoms with E-state index < -0.39 is 184 Å². The molecule has 28 heteroatoms. The normalized spacial score (nSPS) is 28.1. The lowest BCUT2D eigenvalue weighted by atomic mass is 9.94. The van der Waals surface area contributed by atoms with Gasteiger partial charge in [-0.15, -0.1) is 0 Å². The Morgan fingerprint density at radius 1 is 0.284 bits per heavy atom. The van der Waals surface area contributed by atoms with Crippen molar-refractivity contribution in [1.82, 2.24) is 5.32 Å². The molecule has 0 aliphatic carbocycles. The smallest absolute Gasteiger partial charge is 0.303 e. The highest BCUT2D eigenvalue weighted by Crippen LogP contribution is 2.39. The summed E-state index contributed by atoms with van der Waals surface area (Å²) in [4.78, 5) is 91.4. The number of carbonyl (C=O) groups excluding carboxylic acids is 7. The molecule has 0 saturated carbocycles. The molecule has 4 saturated heterocycles. The summed E-state index contributed by atoms with van der Waals surface area (Å²) < 4.78 is 130. The average Bonchev–Trinajstić information content (AvgIpc) is 0.761. The van der Waals surface area contributed by atoms with Crippen molar-refractivity contribution in [2.24, 2.45) is 0 Å². The van der Waals surface area contributed by atoms with Crippen LogP contribution in [-0.4, -0.2) is 198 Å². The summed E-state index contributed by atoms with van der Waals surface area (Å²) in [5.41, 5.74) is 4.99. The van der Waals surface area contributed by atoms with Gasteiger partial charge in [-0.2, -0.15) is 0 Å². The Morgan fingerprint density at radius 3 is 0.945 bits per heavy atom. The van der Waals surface area contributed by atoms with Crippen molar-refractivity contribution in [3.8, 4) is 0 Å². The Hall–Kier alpha value is -8.95. The number of rotatable bonds is 36. The molecule has 4 fully saturated rings. The molecule has 0 unspecified atom stereocenters. The number of amides is 1. The maximum absolute atomic E-state index is 13.7. The van der Waals surface area contributed by atoms with Gasteiger partial charge in [0.1, 0.15) is 86.4 Å². The molecule has 0 bridgehead atoms. The zero-order chi connectivity index (χ0) is 77.2. The topological polar surface area (TPSA) is 316 Å². The number of hydrogen-bond donors (Lipinski definition) is 1. The fraction of sp³-hybridized carbons (Fsp3) is 0.469. The van der Waals surface area contributed by atoms with Crippen molar-refractivity contribution >= 4 is 41.7 Å². The molecule has 1 N–H and O–H groups in total. The van der Waals surface area contributed by atoms with Gasteiger partial charge in [-0.25, -0.2) is 0 Å². The SMILES string of the molecule is CO[C@@H]1O[C@H](CO[C@H]2O[C@H](CO[C@@H]3O[C@H](COC(C)=O)[C@@H](O[C@@H]4O[C@H](COC(C)=O)[C@H](OC(C)=O)[C@H](OC(C)=O)[C@H]4OC(C)=O)[C@H](OC(C)=O)[C@H]3NC(C)=O)[C@@H](OCc3ccccc3)[C@H](OCc3ccccc3)[C@@H]2OCc2ccccc2)[C@@H](OCc2ccccc2)[C@H](OCc2ccccc2)[C@@H]1OCc1ccccc1. The minimum absolute atomic E-state index is 0.00811. The quantitative estimate of drug-likeness (QED) is 0.0289. The Bertz CT molecular complexity index is 3790. The molecule has 6 aromatic rings. The van der Waals surface area contributed by atoms with Gasteiger partial charge < -0.3 is 100 Å². The lowest BCUT2D eigenvalue weighted by Gasteiger charge is -2.50. The van der Waals surface area contributed by atoms with Crippen LogP contribution in [0.5, 0.6) is 0 Å². The third-order valence-electron chi connectivity index (χ3n) is 18.0. The standard InChI is InChI=1S/C81H95NO27/c1-49(83)82-66-71(102-53(5)87)69(109-81-77(104-55(7)89)74(103-54(6)88)70(101-52(4)86)65(108-81)46-92-51(3)85)64(45-91-50(2)84)105-78(66)99-47-63-68(94-40-57-29-17-10-18-30-57)73(96-42-59-33-21-12-22-34-59)76(98-44-61-37-25-14-26-38-61)80(107-63)100-48-62-67(93-39-56-27-15-9-16-28-56)72(95-41-58-31-19-11-20-32-58)75(79(90-8)106-62)97-43-60-35-23-13-24-36-60/h9-38,62-81H,39-48H2,1-8H3,(H,82,83)/t62-,63-,64-,65-,66-,67-,68-,69-,70+,71-,72+,73+,74+,75+,76+,77-,78-,79-,80+,81+/m1/s1. The second-order valence-corrected chi connectivity index (χ2v) is 26.4. The molecule has 1 amide bonds. The van der Waals surface area contributed by atoms with Crippen LogP contribution in [0.25, 0.3) is 0 Å². The summed E-state index contributed by atoms with van der Waals surface area (Å²) in [6.45, 7) is 5.99. The number of carbonyl (C=O) groups is 7. The van der Waals surface area contributed by atoms with Crippen LogP contribution < -0.4 is 5.32 Å². The van der Waals surface area contributed by atoms with E-state index in [-0.39, 0.29) is 46.2 Å². The van der Waals surface area contributed by atoms with E-state index in [0.29, 0.717) is 0 Å². The minimum Gasteiger partial charge on any atom is -0.463 e. The molecule has 28 nitrogen and oxygen atoms in total. The van der Waals surface area contributed by atoms with Gasteiger partial charge in [-0.05, 0) is 33.4 Å². The number of nitrogens with one attached hydrogen (secondary N) is 1. The average molecular weight is 1510 g/mol. The second kappa shape index (κ2) is 41.7. The highest BCUT2D eigenvalue weighted by molar-refractivity contribution is 5.74. The van der Waals surface area contributed by atoms with Crippen molar-refractivity contribution in [1.29, 1.82) is 0 Å². The molecule has 20 atom stereocenters. The molecule has 0 aromatic heterocycles. The molecule has 0 radical (unpaired) electrons. The molecule has 6 aromatic carbocycles. The molecule has 4 aliphatic heterocycles. The lowest BCUT2D eigenvalue weighted by molar-refractivity contribution is -0.362. The molecule has 4 heterocycles.